The summed E-state index contributed by atoms with van der Waals surface area (Å²) in [5.74, 6) is -0.154. The van der Waals surface area contributed by atoms with Gasteiger partial charge in [0, 0.05) is 30.2 Å². The maximum atomic E-state index is 13.6. The molecule has 1 aromatic carbocycles. The van der Waals surface area contributed by atoms with E-state index in [4.69, 9.17) is 6.42 Å². The SMILES string of the molecule is C#CCCCC(NCC)c1c(F)cc(F)cc1F. The van der Waals surface area contributed by atoms with E-state index in [0.717, 1.165) is 0 Å². The number of unbranched alkanes of at least 4 members (excludes halogenated alkanes) is 1. The fraction of sp³-hybridized carbons (Fsp3) is 0.429. The fourth-order valence-electron chi connectivity index (χ4n) is 1.89. The molecule has 0 amide bonds. The molecule has 98 valence electrons. The van der Waals surface area contributed by atoms with E-state index in [2.05, 4.69) is 11.2 Å². The third-order valence-electron chi connectivity index (χ3n) is 2.66. The molecule has 1 aromatic rings. The van der Waals surface area contributed by atoms with Crippen molar-refractivity contribution < 1.29 is 13.2 Å². The van der Waals surface area contributed by atoms with Gasteiger partial charge in [-0.1, -0.05) is 6.92 Å². The molecule has 0 radical (unpaired) electrons. The lowest BCUT2D eigenvalue weighted by molar-refractivity contribution is 0.440. The first-order valence-electron chi connectivity index (χ1n) is 5.91. The zero-order chi connectivity index (χ0) is 13.5. The molecule has 18 heavy (non-hydrogen) atoms. The van der Waals surface area contributed by atoms with Crippen LogP contribution in [0.15, 0.2) is 12.1 Å². The number of hydrogen-bond acceptors (Lipinski definition) is 1. The molecule has 0 aliphatic heterocycles. The van der Waals surface area contributed by atoms with Gasteiger partial charge in [-0.25, -0.2) is 13.2 Å². The molecule has 1 rings (SSSR count). The summed E-state index contributed by atoms with van der Waals surface area (Å²) in [4.78, 5) is 0. The molecule has 0 saturated heterocycles. The van der Waals surface area contributed by atoms with E-state index in [1.807, 2.05) is 6.92 Å². The van der Waals surface area contributed by atoms with Crippen LogP contribution in [0.2, 0.25) is 0 Å². The Hall–Kier alpha value is -1.47. The third kappa shape index (κ3) is 3.78. The average Bonchev–Trinajstić information content (AvgIpc) is 2.28. The van der Waals surface area contributed by atoms with Crippen molar-refractivity contribution >= 4 is 0 Å². The maximum absolute atomic E-state index is 13.6. The Morgan fingerprint density at radius 2 is 1.89 bits per heavy atom. The first kappa shape index (κ1) is 14.6. The standard InChI is InChI=1S/C14H16F3N/c1-3-5-6-7-13(18-4-2)14-11(16)8-10(15)9-12(14)17/h1,8-9,13,18H,4-7H2,2H3. The molecule has 0 saturated carbocycles. The van der Waals surface area contributed by atoms with Crippen LogP contribution >= 0.6 is 0 Å². The number of hydrogen-bond donors (Lipinski definition) is 1. The number of rotatable bonds is 6. The molecule has 1 nitrogen and oxygen atoms in total. The molecule has 1 N–H and O–H groups in total. The molecule has 1 unspecified atom stereocenters. The van der Waals surface area contributed by atoms with Gasteiger partial charge < -0.3 is 5.32 Å². The lowest BCUT2D eigenvalue weighted by Gasteiger charge is -2.19. The Morgan fingerprint density at radius 3 is 2.39 bits per heavy atom. The van der Waals surface area contributed by atoms with Crippen molar-refractivity contribution in [2.24, 2.45) is 0 Å². The second-order valence-electron chi connectivity index (χ2n) is 3.99. The van der Waals surface area contributed by atoms with Crippen LogP contribution in [0.25, 0.3) is 0 Å². The van der Waals surface area contributed by atoms with E-state index in [9.17, 15) is 13.2 Å². The van der Waals surface area contributed by atoms with Crippen LogP contribution in [0.1, 0.15) is 37.8 Å². The van der Waals surface area contributed by atoms with Crippen molar-refractivity contribution in [3.8, 4) is 12.3 Å². The second kappa shape index (κ2) is 7.07. The molecule has 1 atom stereocenters. The maximum Gasteiger partial charge on any atom is 0.133 e. The molecule has 0 heterocycles. The first-order valence-corrected chi connectivity index (χ1v) is 5.91. The van der Waals surface area contributed by atoms with Gasteiger partial charge in [0.2, 0.25) is 0 Å². The van der Waals surface area contributed by atoms with Crippen LogP contribution in [0.3, 0.4) is 0 Å². The molecule has 0 fully saturated rings. The smallest absolute Gasteiger partial charge is 0.133 e. The molecular formula is C14H16F3N. The Bertz CT molecular complexity index is 414. The van der Waals surface area contributed by atoms with Gasteiger partial charge in [0.15, 0.2) is 0 Å². The van der Waals surface area contributed by atoms with Crippen molar-refractivity contribution in [1.82, 2.24) is 5.32 Å². The van der Waals surface area contributed by atoms with Gasteiger partial charge in [-0.15, -0.1) is 12.3 Å². The highest BCUT2D eigenvalue weighted by Gasteiger charge is 2.20. The summed E-state index contributed by atoms with van der Waals surface area (Å²) in [5.41, 5.74) is -0.115. The highest BCUT2D eigenvalue weighted by atomic mass is 19.1. The summed E-state index contributed by atoms with van der Waals surface area (Å²) >= 11 is 0. The molecule has 4 heteroatoms. The van der Waals surface area contributed by atoms with Crippen molar-refractivity contribution in [3.05, 3.63) is 35.1 Å². The Balaban J connectivity index is 2.94. The van der Waals surface area contributed by atoms with Crippen LogP contribution in [-0.2, 0) is 0 Å². The van der Waals surface area contributed by atoms with Crippen molar-refractivity contribution in [2.45, 2.75) is 32.2 Å². The van der Waals surface area contributed by atoms with E-state index >= 15 is 0 Å². The van der Waals surface area contributed by atoms with Crippen LogP contribution in [0.4, 0.5) is 13.2 Å². The summed E-state index contributed by atoms with van der Waals surface area (Å²) in [5, 5.41) is 2.99. The lowest BCUT2D eigenvalue weighted by atomic mass is 9.99. The Labute approximate surface area is 105 Å². The number of nitrogens with one attached hydrogen (secondary N) is 1. The zero-order valence-corrected chi connectivity index (χ0v) is 10.3. The average molecular weight is 255 g/mol. The minimum absolute atomic E-state index is 0.115. The molecular weight excluding hydrogens is 239 g/mol. The normalized spacial score (nSPS) is 12.2. The third-order valence-corrected chi connectivity index (χ3v) is 2.66. The van der Waals surface area contributed by atoms with Crippen molar-refractivity contribution in [1.29, 1.82) is 0 Å². The van der Waals surface area contributed by atoms with Crippen LogP contribution in [0.5, 0.6) is 0 Å². The monoisotopic (exact) mass is 255 g/mol. The lowest BCUT2D eigenvalue weighted by Crippen LogP contribution is -2.23. The van der Waals surface area contributed by atoms with E-state index in [-0.39, 0.29) is 5.56 Å². The van der Waals surface area contributed by atoms with Gasteiger partial charge in [0.05, 0.1) is 0 Å². The van der Waals surface area contributed by atoms with E-state index in [1.165, 1.54) is 0 Å². The molecule has 0 bridgehead atoms. The fourth-order valence-corrected chi connectivity index (χ4v) is 1.89. The Kier molecular flexibility index (Phi) is 5.73. The molecule has 0 spiro atoms. The van der Waals surface area contributed by atoms with Gasteiger partial charge in [0.1, 0.15) is 17.5 Å². The van der Waals surface area contributed by atoms with Gasteiger partial charge in [-0.05, 0) is 19.4 Å². The number of terminal acetylenes is 1. The van der Waals surface area contributed by atoms with Crippen molar-refractivity contribution in [3.63, 3.8) is 0 Å². The van der Waals surface area contributed by atoms with Crippen molar-refractivity contribution in [2.75, 3.05) is 6.54 Å². The number of halogens is 3. The summed E-state index contributed by atoms with van der Waals surface area (Å²) < 4.78 is 40.1. The largest absolute Gasteiger partial charge is 0.310 e. The summed E-state index contributed by atoms with van der Waals surface area (Å²) in [6, 6.07) is 0.914. The number of benzene rings is 1. The summed E-state index contributed by atoms with van der Waals surface area (Å²) in [6.45, 7) is 2.41. The molecule has 0 aliphatic carbocycles. The zero-order valence-electron chi connectivity index (χ0n) is 10.3. The van der Waals surface area contributed by atoms with Crippen LogP contribution in [-0.4, -0.2) is 6.54 Å². The quantitative estimate of drug-likeness (QED) is 0.605. The summed E-state index contributed by atoms with van der Waals surface area (Å²) in [7, 11) is 0. The minimum Gasteiger partial charge on any atom is -0.310 e. The van der Waals surface area contributed by atoms with E-state index < -0.39 is 23.5 Å². The van der Waals surface area contributed by atoms with Gasteiger partial charge in [-0.3, -0.25) is 0 Å². The topological polar surface area (TPSA) is 12.0 Å². The van der Waals surface area contributed by atoms with Crippen LogP contribution in [0, 0.1) is 29.8 Å². The minimum atomic E-state index is -0.910. The first-order chi connectivity index (χ1) is 8.60. The second-order valence-corrected chi connectivity index (χ2v) is 3.99. The highest BCUT2D eigenvalue weighted by molar-refractivity contribution is 5.24. The Morgan fingerprint density at radius 1 is 1.28 bits per heavy atom. The van der Waals surface area contributed by atoms with Gasteiger partial charge in [0.25, 0.3) is 0 Å². The van der Waals surface area contributed by atoms with Gasteiger partial charge in [-0.2, -0.15) is 0 Å². The summed E-state index contributed by atoms with van der Waals surface area (Å²) in [6.07, 6.45) is 6.86. The molecule has 0 aliphatic rings. The van der Waals surface area contributed by atoms with Crippen LogP contribution < -0.4 is 5.32 Å². The predicted molar refractivity (Wildman–Crippen MR) is 65.4 cm³/mol. The van der Waals surface area contributed by atoms with E-state index in [1.54, 1.807) is 0 Å². The predicted octanol–water partition coefficient (Wildman–Crippen LogP) is 3.56. The highest BCUT2D eigenvalue weighted by Crippen LogP contribution is 2.25. The van der Waals surface area contributed by atoms with Gasteiger partial charge >= 0.3 is 0 Å². The molecule has 0 aromatic heterocycles. The van der Waals surface area contributed by atoms with E-state index in [0.29, 0.717) is 37.9 Å².